The van der Waals surface area contributed by atoms with Gasteiger partial charge < -0.3 is 0 Å². The molecule has 1 aliphatic rings. The molecule has 1 aromatic rings. The third-order valence-corrected chi connectivity index (χ3v) is 2.06. The van der Waals surface area contributed by atoms with Gasteiger partial charge >= 0.3 is 6.18 Å². The van der Waals surface area contributed by atoms with Gasteiger partial charge in [-0.3, -0.25) is 15.8 Å². The van der Waals surface area contributed by atoms with E-state index in [2.05, 4.69) is 15.8 Å². The molecule has 0 amide bonds. The van der Waals surface area contributed by atoms with Crippen molar-refractivity contribution in [2.75, 3.05) is 0 Å². The van der Waals surface area contributed by atoms with Gasteiger partial charge in [-0.25, -0.2) is 0 Å². The molecule has 1 aliphatic heterocycles. The first-order valence-electron chi connectivity index (χ1n) is 4.08. The molecule has 0 fully saturated rings. The van der Waals surface area contributed by atoms with Crippen LogP contribution in [0.1, 0.15) is 16.8 Å². The average molecular weight is 203 g/mol. The van der Waals surface area contributed by atoms with Crippen molar-refractivity contribution in [3.63, 3.8) is 0 Å². The average Bonchev–Trinajstić information content (AvgIpc) is 2.16. The van der Waals surface area contributed by atoms with Crippen molar-refractivity contribution in [1.29, 1.82) is 0 Å². The van der Waals surface area contributed by atoms with E-state index in [1.165, 1.54) is 6.20 Å². The summed E-state index contributed by atoms with van der Waals surface area (Å²) in [7, 11) is 0. The quantitative estimate of drug-likeness (QED) is 0.665. The minimum atomic E-state index is -4.36. The summed E-state index contributed by atoms with van der Waals surface area (Å²) >= 11 is 0. The van der Waals surface area contributed by atoms with Crippen LogP contribution in [0, 0.1) is 0 Å². The fraction of sp³-hybridized carbons (Fsp3) is 0.375. The second kappa shape index (κ2) is 3.21. The van der Waals surface area contributed by atoms with E-state index in [1.807, 2.05) is 0 Å². The Morgan fingerprint density at radius 2 is 1.79 bits per heavy atom. The molecule has 2 rings (SSSR count). The number of aromatic nitrogens is 1. The molecule has 0 atom stereocenters. The second-order valence-electron chi connectivity index (χ2n) is 3.04. The van der Waals surface area contributed by atoms with E-state index in [9.17, 15) is 13.2 Å². The number of hydrogen-bond acceptors (Lipinski definition) is 3. The maximum Gasteiger partial charge on any atom is 0.433 e. The van der Waals surface area contributed by atoms with E-state index < -0.39 is 11.9 Å². The zero-order chi connectivity index (χ0) is 10.2. The fourth-order valence-electron chi connectivity index (χ4n) is 1.32. The molecule has 76 valence electrons. The van der Waals surface area contributed by atoms with Gasteiger partial charge in [0.15, 0.2) is 0 Å². The van der Waals surface area contributed by atoms with E-state index in [0.717, 1.165) is 11.6 Å². The Balaban J connectivity index is 2.39. The van der Waals surface area contributed by atoms with Crippen molar-refractivity contribution in [2.45, 2.75) is 19.3 Å². The lowest BCUT2D eigenvalue weighted by Gasteiger charge is -2.18. The molecule has 0 saturated carbocycles. The van der Waals surface area contributed by atoms with Crippen molar-refractivity contribution in [3.05, 3.63) is 29.1 Å². The lowest BCUT2D eigenvalue weighted by Crippen LogP contribution is -2.36. The largest absolute Gasteiger partial charge is 0.433 e. The van der Waals surface area contributed by atoms with Crippen molar-refractivity contribution >= 4 is 0 Å². The summed E-state index contributed by atoms with van der Waals surface area (Å²) in [4.78, 5) is 3.37. The molecule has 0 bridgehead atoms. The summed E-state index contributed by atoms with van der Waals surface area (Å²) in [6.07, 6.45) is -3.09. The van der Waals surface area contributed by atoms with Crippen LogP contribution in [0.3, 0.4) is 0 Å². The summed E-state index contributed by atoms with van der Waals surface area (Å²) in [5, 5.41) is 0. The van der Waals surface area contributed by atoms with Crippen LogP contribution in [0.5, 0.6) is 0 Å². The lowest BCUT2D eigenvalue weighted by molar-refractivity contribution is -0.141. The Kier molecular flexibility index (Phi) is 2.16. The highest BCUT2D eigenvalue weighted by molar-refractivity contribution is 5.28. The third kappa shape index (κ3) is 1.71. The van der Waals surface area contributed by atoms with Crippen LogP contribution in [0.4, 0.5) is 13.2 Å². The Labute approximate surface area is 78.3 Å². The zero-order valence-corrected chi connectivity index (χ0v) is 7.15. The van der Waals surface area contributed by atoms with E-state index in [-0.39, 0.29) is 0 Å². The van der Waals surface area contributed by atoms with Crippen molar-refractivity contribution in [3.8, 4) is 0 Å². The van der Waals surface area contributed by atoms with Crippen LogP contribution in [0.15, 0.2) is 12.3 Å². The van der Waals surface area contributed by atoms with Crippen LogP contribution in [-0.4, -0.2) is 4.98 Å². The summed E-state index contributed by atoms with van der Waals surface area (Å²) < 4.78 is 36.8. The van der Waals surface area contributed by atoms with Gasteiger partial charge in [-0.05, 0) is 17.2 Å². The number of nitrogens with zero attached hydrogens (tertiary/aromatic N) is 1. The van der Waals surface area contributed by atoms with Gasteiger partial charge in [-0.1, -0.05) is 0 Å². The highest BCUT2D eigenvalue weighted by Crippen LogP contribution is 2.28. The number of nitrogens with one attached hydrogen (secondary N) is 2. The molecular weight excluding hydrogens is 195 g/mol. The summed E-state index contributed by atoms with van der Waals surface area (Å²) in [6, 6.07) is 1.09. The molecule has 0 aromatic carbocycles. The molecule has 2 heterocycles. The summed E-state index contributed by atoms with van der Waals surface area (Å²) in [6.45, 7) is 0.890. The minimum Gasteiger partial charge on any atom is -0.253 e. The molecular formula is C8H8F3N3. The molecule has 6 heteroatoms. The predicted molar refractivity (Wildman–Crippen MR) is 42.9 cm³/mol. The lowest BCUT2D eigenvalue weighted by atomic mass is 10.1. The first-order chi connectivity index (χ1) is 6.57. The fourth-order valence-corrected chi connectivity index (χ4v) is 1.32. The predicted octanol–water partition coefficient (Wildman–Crippen LogP) is 1.21. The number of rotatable bonds is 0. The van der Waals surface area contributed by atoms with Gasteiger partial charge in [0.05, 0.1) is 0 Å². The maximum atomic E-state index is 12.3. The Hall–Kier alpha value is -1.14. The topological polar surface area (TPSA) is 37.0 Å². The molecule has 1 aromatic heterocycles. The SMILES string of the molecule is FC(F)(F)c1cc2c(cn1)CNNC2. The van der Waals surface area contributed by atoms with Crippen molar-refractivity contribution in [1.82, 2.24) is 15.8 Å². The molecule has 0 aliphatic carbocycles. The number of halogens is 3. The normalized spacial score (nSPS) is 16.5. The molecule has 3 nitrogen and oxygen atoms in total. The number of pyridine rings is 1. The number of hydrazine groups is 1. The Morgan fingerprint density at radius 1 is 1.14 bits per heavy atom. The molecule has 0 unspecified atom stereocenters. The van der Waals surface area contributed by atoms with Crippen LogP contribution in [0.2, 0.25) is 0 Å². The number of fused-ring (bicyclic) bond motifs is 1. The zero-order valence-electron chi connectivity index (χ0n) is 7.15. The summed E-state index contributed by atoms with van der Waals surface area (Å²) in [5.41, 5.74) is 6.22. The number of hydrogen-bond donors (Lipinski definition) is 2. The second-order valence-corrected chi connectivity index (χ2v) is 3.04. The maximum absolute atomic E-state index is 12.3. The van der Waals surface area contributed by atoms with E-state index >= 15 is 0 Å². The van der Waals surface area contributed by atoms with Gasteiger partial charge in [-0.15, -0.1) is 0 Å². The minimum absolute atomic E-state index is 0.390. The Bertz CT molecular complexity index is 348. The molecule has 0 radical (unpaired) electrons. The van der Waals surface area contributed by atoms with Gasteiger partial charge in [0.25, 0.3) is 0 Å². The first kappa shape index (κ1) is 9.42. The van der Waals surface area contributed by atoms with Crippen LogP contribution in [0.25, 0.3) is 0 Å². The smallest absolute Gasteiger partial charge is 0.253 e. The van der Waals surface area contributed by atoms with Gasteiger partial charge in [0.1, 0.15) is 5.69 Å². The van der Waals surface area contributed by atoms with E-state index in [1.54, 1.807) is 0 Å². The van der Waals surface area contributed by atoms with E-state index in [0.29, 0.717) is 18.7 Å². The van der Waals surface area contributed by atoms with Gasteiger partial charge in [0.2, 0.25) is 0 Å². The standard InChI is InChI=1S/C8H8F3N3/c9-8(10,11)7-1-5-3-13-14-4-6(5)2-12-7/h1-2,13-14H,3-4H2. The van der Waals surface area contributed by atoms with Gasteiger partial charge in [0, 0.05) is 19.3 Å². The van der Waals surface area contributed by atoms with Gasteiger partial charge in [-0.2, -0.15) is 13.2 Å². The van der Waals surface area contributed by atoms with E-state index in [4.69, 9.17) is 0 Å². The monoisotopic (exact) mass is 203 g/mol. The van der Waals surface area contributed by atoms with Crippen molar-refractivity contribution < 1.29 is 13.2 Å². The van der Waals surface area contributed by atoms with Crippen LogP contribution < -0.4 is 10.9 Å². The highest BCUT2D eigenvalue weighted by Gasteiger charge is 2.33. The molecule has 0 saturated heterocycles. The summed E-state index contributed by atoms with van der Waals surface area (Å²) in [5.74, 6) is 0. The molecule has 0 spiro atoms. The van der Waals surface area contributed by atoms with Crippen LogP contribution >= 0.6 is 0 Å². The third-order valence-electron chi connectivity index (χ3n) is 2.06. The van der Waals surface area contributed by atoms with Crippen LogP contribution in [-0.2, 0) is 19.3 Å². The highest BCUT2D eigenvalue weighted by atomic mass is 19.4. The Morgan fingerprint density at radius 3 is 2.43 bits per heavy atom. The molecule has 14 heavy (non-hydrogen) atoms. The van der Waals surface area contributed by atoms with Crippen molar-refractivity contribution in [2.24, 2.45) is 0 Å². The molecule has 2 N–H and O–H groups in total. The number of alkyl halides is 3. The first-order valence-corrected chi connectivity index (χ1v) is 4.08.